The maximum absolute atomic E-state index is 10.9. The normalized spacial score (nSPS) is 15.7. The lowest BCUT2D eigenvalue weighted by molar-refractivity contribution is 0.483. The van der Waals surface area contributed by atoms with Crippen molar-refractivity contribution in [2.24, 2.45) is 5.73 Å². The smallest absolute Gasteiger partial charge is 0.294 e. The Morgan fingerprint density at radius 1 is 1.27 bits per heavy atom. The van der Waals surface area contributed by atoms with Crippen LogP contribution in [-0.4, -0.2) is 13.0 Å². The van der Waals surface area contributed by atoms with Crippen LogP contribution in [0, 0.1) is 0 Å². The van der Waals surface area contributed by atoms with E-state index in [1.165, 1.54) is 12.1 Å². The summed E-state index contributed by atoms with van der Waals surface area (Å²) in [5.74, 6) is 0. The minimum absolute atomic E-state index is 0.0601. The van der Waals surface area contributed by atoms with E-state index in [-0.39, 0.29) is 4.90 Å². The molecule has 0 unspecified atom stereocenters. The Balaban J connectivity index is 2.54. The van der Waals surface area contributed by atoms with Crippen molar-refractivity contribution in [3.05, 3.63) is 35.0 Å². The molecule has 1 aromatic rings. The van der Waals surface area contributed by atoms with E-state index in [2.05, 4.69) is 0 Å². The molecule has 0 aromatic heterocycles. The second kappa shape index (κ2) is 3.36. The Labute approximate surface area is 88.2 Å². The molecule has 0 amide bonds. The summed E-state index contributed by atoms with van der Waals surface area (Å²) in [6, 6.07) is 4.53. The minimum atomic E-state index is -4.10. The second-order valence-corrected chi connectivity index (χ2v) is 4.98. The van der Waals surface area contributed by atoms with Crippen molar-refractivity contribution in [1.29, 1.82) is 0 Å². The summed E-state index contributed by atoms with van der Waals surface area (Å²) >= 11 is 0. The number of aryl methyl sites for hydroxylation is 1. The van der Waals surface area contributed by atoms with Gasteiger partial charge in [0.2, 0.25) is 0 Å². The van der Waals surface area contributed by atoms with E-state index in [4.69, 9.17) is 10.3 Å². The van der Waals surface area contributed by atoms with Crippen LogP contribution in [-0.2, 0) is 16.5 Å². The van der Waals surface area contributed by atoms with Crippen LogP contribution in [0.3, 0.4) is 0 Å². The lowest BCUT2D eigenvalue weighted by Gasteiger charge is -2.14. The predicted molar refractivity (Wildman–Crippen MR) is 56.7 cm³/mol. The molecule has 0 atom stereocenters. The molecule has 0 saturated carbocycles. The van der Waals surface area contributed by atoms with Crippen LogP contribution in [0.1, 0.15) is 17.5 Å². The van der Waals surface area contributed by atoms with Gasteiger partial charge in [-0.15, -0.1) is 0 Å². The monoisotopic (exact) mass is 225 g/mol. The van der Waals surface area contributed by atoms with Crippen molar-refractivity contribution >= 4 is 16.2 Å². The SMILES string of the molecule is NC1=Cc2ccc(S(=O)(=O)O)cc2CC1. The molecule has 1 aromatic carbocycles. The van der Waals surface area contributed by atoms with Gasteiger partial charge in [-0.3, -0.25) is 4.55 Å². The summed E-state index contributed by atoms with van der Waals surface area (Å²) in [5, 5.41) is 0. The summed E-state index contributed by atoms with van der Waals surface area (Å²) in [7, 11) is -4.10. The summed E-state index contributed by atoms with van der Waals surface area (Å²) in [6.45, 7) is 0. The van der Waals surface area contributed by atoms with Crippen molar-refractivity contribution in [3.63, 3.8) is 0 Å². The van der Waals surface area contributed by atoms with Gasteiger partial charge >= 0.3 is 0 Å². The van der Waals surface area contributed by atoms with Gasteiger partial charge in [-0.05, 0) is 42.2 Å². The van der Waals surface area contributed by atoms with Crippen molar-refractivity contribution in [3.8, 4) is 0 Å². The maximum Gasteiger partial charge on any atom is 0.294 e. The lowest BCUT2D eigenvalue weighted by Crippen LogP contribution is -2.07. The molecule has 15 heavy (non-hydrogen) atoms. The summed E-state index contributed by atoms with van der Waals surface area (Å²) in [4.78, 5) is -0.0601. The van der Waals surface area contributed by atoms with Crippen LogP contribution in [0.25, 0.3) is 6.08 Å². The van der Waals surface area contributed by atoms with E-state index in [0.29, 0.717) is 6.42 Å². The van der Waals surface area contributed by atoms with Crippen LogP contribution < -0.4 is 5.73 Å². The fraction of sp³-hybridized carbons (Fsp3) is 0.200. The van der Waals surface area contributed by atoms with Gasteiger partial charge in [-0.2, -0.15) is 8.42 Å². The van der Waals surface area contributed by atoms with Gasteiger partial charge in [-0.25, -0.2) is 0 Å². The third-order valence-electron chi connectivity index (χ3n) is 2.44. The number of rotatable bonds is 1. The number of fused-ring (bicyclic) bond motifs is 1. The highest BCUT2D eigenvalue weighted by Gasteiger charge is 2.14. The van der Waals surface area contributed by atoms with Crippen LogP contribution in [0.4, 0.5) is 0 Å². The van der Waals surface area contributed by atoms with Gasteiger partial charge in [0.15, 0.2) is 0 Å². The highest BCUT2D eigenvalue weighted by atomic mass is 32.2. The first-order valence-corrected chi connectivity index (χ1v) is 5.97. The average molecular weight is 225 g/mol. The zero-order valence-corrected chi connectivity index (χ0v) is 8.79. The summed E-state index contributed by atoms with van der Waals surface area (Å²) in [5.41, 5.74) is 8.29. The highest BCUT2D eigenvalue weighted by molar-refractivity contribution is 7.85. The first kappa shape index (κ1) is 10.2. The zero-order valence-electron chi connectivity index (χ0n) is 7.97. The molecule has 80 valence electrons. The molecule has 0 bridgehead atoms. The molecule has 0 radical (unpaired) electrons. The van der Waals surface area contributed by atoms with Gasteiger partial charge < -0.3 is 5.73 Å². The molecule has 5 heteroatoms. The molecule has 0 heterocycles. The Bertz CT molecular complexity index is 532. The largest absolute Gasteiger partial charge is 0.402 e. The van der Waals surface area contributed by atoms with Crippen molar-refractivity contribution in [2.45, 2.75) is 17.7 Å². The molecule has 4 nitrogen and oxygen atoms in total. The van der Waals surface area contributed by atoms with Gasteiger partial charge in [-0.1, -0.05) is 6.07 Å². The molecule has 0 saturated heterocycles. The molecular weight excluding hydrogens is 214 g/mol. The lowest BCUT2D eigenvalue weighted by atomic mass is 9.96. The number of allylic oxidation sites excluding steroid dienone is 1. The number of nitrogens with two attached hydrogens (primary N) is 1. The maximum atomic E-state index is 10.9. The van der Waals surface area contributed by atoms with E-state index in [1.807, 2.05) is 6.08 Å². The molecule has 1 aliphatic rings. The molecule has 0 spiro atoms. The summed E-state index contributed by atoms with van der Waals surface area (Å²) < 4.78 is 30.7. The van der Waals surface area contributed by atoms with Crippen LogP contribution in [0.2, 0.25) is 0 Å². The number of benzene rings is 1. The van der Waals surface area contributed by atoms with Gasteiger partial charge in [0.1, 0.15) is 0 Å². The van der Waals surface area contributed by atoms with Crippen LogP contribution in [0.5, 0.6) is 0 Å². The first-order valence-electron chi connectivity index (χ1n) is 4.53. The van der Waals surface area contributed by atoms with Crippen molar-refractivity contribution < 1.29 is 13.0 Å². The fourth-order valence-electron chi connectivity index (χ4n) is 1.65. The highest BCUT2D eigenvalue weighted by Crippen LogP contribution is 2.24. The Kier molecular flexibility index (Phi) is 2.28. The zero-order chi connectivity index (χ0) is 11.1. The quantitative estimate of drug-likeness (QED) is 0.703. The van der Waals surface area contributed by atoms with Crippen LogP contribution >= 0.6 is 0 Å². The number of hydrogen-bond donors (Lipinski definition) is 2. The molecular formula is C10H11NO3S. The molecule has 0 aliphatic heterocycles. The summed E-state index contributed by atoms with van der Waals surface area (Å²) in [6.07, 6.45) is 3.26. The Morgan fingerprint density at radius 2 is 2.00 bits per heavy atom. The van der Waals surface area contributed by atoms with E-state index >= 15 is 0 Å². The average Bonchev–Trinajstić information content (AvgIpc) is 2.15. The topological polar surface area (TPSA) is 80.4 Å². The number of hydrogen-bond acceptors (Lipinski definition) is 3. The van der Waals surface area contributed by atoms with E-state index in [1.54, 1.807) is 6.07 Å². The molecule has 1 aliphatic carbocycles. The van der Waals surface area contributed by atoms with E-state index in [0.717, 1.165) is 23.2 Å². The predicted octanol–water partition coefficient (Wildman–Crippen LogP) is 1.18. The van der Waals surface area contributed by atoms with Crippen molar-refractivity contribution in [1.82, 2.24) is 0 Å². The van der Waals surface area contributed by atoms with Gasteiger partial charge in [0, 0.05) is 5.70 Å². The second-order valence-electron chi connectivity index (χ2n) is 3.55. The van der Waals surface area contributed by atoms with Crippen molar-refractivity contribution in [2.75, 3.05) is 0 Å². The minimum Gasteiger partial charge on any atom is -0.402 e. The molecule has 0 fully saturated rings. The Hall–Kier alpha value is -1.33. The van der Waals surface area contributed by atoms with Gasteiger partial charge in [0.25, 0.3) is 10.1 Å². The van der Waals surface area contributed by atoms with E-state index in [9.17, 15) is 8.42 Å². The molecule has 2 rings (SSSR count). The third-order valence-corrected chi connectivity index (χ3v) is 3.29. The van der Waals surface area contributed by atoms with Crippen LogP contribution in [0.15, 0.2) is 28.8 Å². The Morgan fingerprint density at radius 3 is 2.67 bits per heavy atom. The fourth-order valence-corrected chi connectivity index (χ4v) is 2.18. The first-order chi connectivity index (χ1) is 6.97. The molecule has 3 N–H and O–H groups in total. The third kappa shape index (κ3) is 2.03. The van der Waals surface area contributed by atoms with E-state index < -0.39 is 10.1 Å². The van der Waals surface area contributed by atoms with Gasteiger partial charge in [0.05, 0.1) is 4.90 Å². The standard InChI is InChI=1S/C10H11NO3S/c11-9-3-1-8-6-10(15(12,13)14)4-2-7(8)5-9/h2,4-6H,1,3,11H2,(H,12,13,14).